The molecule has 0 amide bonds. The monoisotopic (exact) mass is 433 g/mol. The third-order valence-electron chi connectivity index (χ3n) is 5.29. The molecule has 1 aliphatic rings. The molecule has 0 aromatic carbocycles. The minimum atomic E-state index is -1.05. The molecule has 2 N–H and O–H groups in total. The van der Waals surface area contributed by atoms with Crippen LogP contribution in [0.2, 0.25) is 0 Å². The first-order valence-electron chi connectivity index (χ1n) is 11.0. The summed E-state index contributed by atoms with van der Waals surface area (Å²) in [4.78, 5) is 15.9. The Morgan fingerprint density at radius 1 is 1.26 bits per heavy atom. The summed E-state index contributed by atoms with van der Waals surface area (Å²) in [6.07, 6.45) is 12.2. The predicted octanol–water partition coefficient (Wildman–Crippen LogP) is 4.36. The number of nitrogens with zero attached hydrogens (tertiary/aromatic N) is 2. The molecule has 1 aromatic heterocycles. The highest BCUT2D eigenvalue weighted by atomic mass is 16.5. The predicted molar refractivity (Wildman–Crippen MR) is 120 cm³/mol. The fourth-order valence-electron chi connectivity index (χ4n) is 3.38. The molecule has 172 valence electrons. The number of aliphatic imine (C=N–C) groups is 1. The minimum absolute atomic E-state index is 0.428. The van der Waals surface area contributed by atoms with E-state index in [0.29, 0.717) is 45.0 Å². The number of carboxylic acids is 1. The maximum Gasteiger partial charge on any atom is 0.336 e. The molecule has 0 saturated carbocycles. The highest BCUT2D eigenvalue weighted by Crippen LogP contribution is 2.26. The SMILES string of the molecule is C=C(C=N/C(=C\C)c1ccn[nH]1)OCCCCCCCCOC1(C(=O)O)CCOCC1. The molecule has 2 heterocycles. The average molecular weight is 434 g/mol. The van der Waals surface area contributed by atoms with Crippen LogP contribution >= 0.6 is 0 Å². The van der Waals surface area contributed by atoms with Crippen molar-refractivity contribution in [2.24, 2.45) is 4.99 Å². The van der Waals surface area contributed by atoms with Crippen LogP contribution in [0.3, 0.4) is 0 Å². The van der Waals surface area contributed by atoms with E-state index >= 15 is 0 Å². The molecular weight excluding hydrogens is 398 g/mol. The number of ether oxygens (including phenoxy) is 3. The zero-order valence-electron chi connectivity index (χ0n) is 18.5. The number of nitrogens with one attached hydrogen (secondary N) is 1. The number of carboxylic acid groups (broad SMARTS) is 1. The van der Waals surface area contributed by atoms with Gasteiger partial charge in [-0.05, 0) is 25.8 Å². The van der Waals surface area contributed by atoms with E-state index in [2.05, 4.69) is 21.8 Å². The Morgan fingerprint density at radius 2 is 1.94 bits per heavy atom. The number of H-pyrrole nitrogens is 1. The summed E-state index contributed by atoms with van der Waals surface area (Å²) in [6.45, 7) is 7.80. The van der Waals surface area contributed by atoms with Crippen LogP contribution in [-0.4, -0.2) is 59.5 Å². The van der Waals surface area contributed by atoms with Crippen molar-refractivity contribution in [3.8, 4) is 0 Å². The number of allylic oxidation sites excluding steroid dienone is 2. The summed E-state index contributed by atoms with van der Waals surface area (Å²) in [5.41, 5.74) is 0.591. The van der Waals surface area contributed by atoms with E-state index in [1.54, 1.807) is 12.4 Å². The molecule has 1 aromatic rings. The van der Waals surface area contributed by atoms with E-state index in [1.807, 2.05) is 19.1 Å². The molecule has 1 fully saturated rings. The van der Waals surface area contributed by atoms with E-state index in [4.69, 9.17) is 14.2 Å². The van der Waals surface area contributed by atoms with Gasteiger partial charge in [0, 0.05) is 38.9 Å². The van der Waals surface area contributed by atoms with Gasteiger partial charge >= 0.3 is 5.97 Å². The number of rotatable bonds is 15. The Balaban J connectivity index is 1.48. The average Bonchev–Trinajstić information content (AvgIpc) is 3.31. The number of carbonyl (C=O) groups is 1. The lowest BCUT2D eigenvalue weighted by Gasteiger charge is -2.33. The maximum atomic E-state index is 11.5. The van der Waals surface area contributed by atoms with Gasteiger partial charge in [0.15, 0.2) is 5.60 Å². The first kappa shape index (κ1) is 24.8. The summed E-state index contributed by atoms with van der Waals surface area (Å²) >= 11 is 0. The molecule has 1 aliphatic heterocycles. The molecule has 0 spiro atoms. The van der Waals surface area contributed by atoms with E-state index in [0.717, 1.165) is 49.9 Å². The number of hydrogen-bond donors (Lipinski definition) is 2. The lowest BCUT2D eigenvalue weighted by atomic mass is 9.94. The molecule has 0 radical (unpaired) electrons. The number of hydrogen-bond acceptors (Lipinski definition) is 6. The van der Waals surface area contributed by atoms with Crippen LogP contribution in [0.4, 0.5) is 0 Å². The van der Waals surface area contributed by atoms with Gasteiger partial charge < -0.3 is 19.3 Å². The third kappa shape index (κ3) is 8.67. The Hall–Kier alpha value is -2.45. The second-order valence-corrected chi connectivity index (χ2v) is 7.60. The summed E-state index contributed by atoms with van der Waals surface area (Å²) in [7, 11) is 0. The smallest absolute Gasteiger partial charge is 0.336 e. The number of aromatic nitrogens is 2. The van der Waals surface area contributed by atoms with E-state index < -0.39 is 11.6 Å². The first-order chi connectivity index (χ1) is 15.1. The summed E-state index contributed by atoms with van der Waals surface area (Å²) in [5.74, 6) is -0.331. The van der Waals surface area contributed by atoms with E-state index in [-0.39, 0.29) is 0 Å². The van der Waals surface area contributed by atoms with Gasteiger partial charge in [-0.1, -0.05) is 38.3 Å². The third-order valence-corrected chi connectivity index (χ3v) is 5.29. The normalized spacial score (nSPS) is 16.5. The van der Waals surface area contributed by atoms with Crippen LogP contribution < -0.4 is 0 Å². The number of aliphatic carboxylic acids is 1. The van der Waals surface area contributed by atoms with Crippen LogP contribution in [-0.2, 0) is 19.0 Å². The molecule has 8 heteroatoms. The second-order valence-electron chi connectivity index (χ2n) is 7.60. The van der Waals surface area contributed by atoms with Crippen molar-refractivity contribution in [1.29, 1.82) is 0 Å². The topological polar surface area (TPSA) is 106 Å². The Kier molecular flexibility index (Phi) is 11.0. The molecule has 0 atom stereocenters. The van der Waals surface area contributed by atoms with Gasteiger partial charge in [0.25, 0.3) is 0 Å². The van der Waals surface area contributed by atoms with Crippen molar-refractivity contribution in [2.75, 3.05) is 26.4 Å². The maximum absolute atomic E-state index is 11.5. The molecule has 0 aliphatic carbocycles. The largest absolute Gasteiger partial charge is 0.493 e. The standard InChI is InChI=1S/C23H35N3O5/c1-3-20(21-10-13-25-26-21)24-18-19(2)30-14-8-6-4-5-7-9-15-31-23(22(27)28)11-16-29-17-12-23/h3,10,13,18H,2,4-9,11-12,14-17H2,1H3,(H,25,26)(H,27,28)/b20-3-,24-18?. The molecule has 0 bridgehead atoms. The van der Waals surface area contributed by atoms with Gasteiger partial charge in [0.1, 0.15) is 5.76 Å². The van der Waals surface area contributed by atoms with Gasteiger partial charge in [0.05, 0.1) is 24.2 Å². The quantitative estimate of drug-likeness (QED) is 0.242. The van der Waals surface area contributed by atoms with Gasteiger partial charge in [0.2, 0.25) is 0 Å². The van der Waals surface area contributed by atoms with Crippen LogP contribution in [0.25, 0.3) is 5.70 Å². The molecule has 0 unspecified atom stereocenters. The van der Waals surface area contributed by atoms with Gasteiger partial charge in [-0.3, -0.25) is 10.1 Å². The van der Waals surface area contributed by atoms with Crippen LogP contribution in [0.1, 0.15) is 64.0 Å². The van der Waals surface area contributed by atoms with Crippen molar-refractivity contribution < 1.29 is 24.1 Å². The molecule has 2 rings (SSSR count). The van der Waals surface area contributed by atoms with Crippen molar-refractivity contribution in [3.05, 3.63) is 36.4 Å². The van der Waals surface area contributed by atoms with Crippen molar-refractivity contribution in [2.45, 2.75) is 63.9 Å². The van der Waals surface area contributed by atoms with Crippen molar-refractivity contribution in [1.82, 2.24) is 10.2 Å². The van der Waals surface area contributed by atoms with Crippen LogP contribution in [0, 0.1) is 0 Å². The van der Waals surface area contributed by atoms with E-state index in [9.17, 15) is 9.90 Å². The van der Waals surface area contributed by atoms with Gasteiger partial charge in [-0.15, -0.1) is 0 Å². The Morgan fingerprint density at radius 3 is 2.55 bits per heavy atom. The fourth-order valence-corrected chi connectivity index (χ4v) is 3.38. The lowest BCUT2D eigenvalue weighted by Crippen LogP contribution is -2.46. The van der Waals surface area contributed by atoms with Crippen LogP contribution in [0.15, 0.2) is 35.7 Å². The van der Waals surface area contributed by atoms with E-state index in [1.165, 1.54) is 0 Å². The zero-order valence-corrected chi connectivity index (χ0v) is 18.5. The minimum Gasteiger partial charge on any atom is -0.493 e. The molecule has 1 saturated heterocycles. The fraction of sp³-hybridized carbons (Fsp3) is 0.609. The number of unbranched alkanes of at least 4 members (excludes halogenated alkanes) is 5. The van der Waals surface area contributed by atoms with Crippen molar-refractivity contribution >= 4 is 17.9 Å². The summed E-state index contributed by atoms with van der Waals surface area (Å²) in [6, 6.07) is 1.86. The van der Waals surface area contributed by atoms with Crippen molar-refractivity contribution in [3.63, 3.8) is 0 Å². The zero-order chi connectivity index (χ0) is 22.4. The first-order valence-corrected chi connectivity index (χ1v) is 11.0. The number of aromatic amines is 1. The second kappa shape index (κ2) is 13.8. The Bertz CT molecular complexity index is 722. The molecular formula is C23H35N3O5. The molecule has 8 nitrogen and oxygen atoms in total. The van der Waals surface area contributed by atoms with Crippen LogP contribution in [0.5, 0.6) is 0 Å². The lowest BCUT2D eigenvalue weighted by molar-refractivity contribution is -0.178. The highest BCUT2D eigenvalue weighted by Gasteiger charge is 2.41. The Labute approximate surface area is 184 Å². The summed E-state index contributed by atoms with van der Waals surface area (Å²) in [5, 5.41) is 16.3. The van der Waals surface area contributed by atoms with Gasteiger partial charge in [-0.25, -0.2) is 4.79 Å². The molecule has 31 heavy (non-hydrogen) atoms. The van der Waals surface area contributed by atoms with Gasteiger partial charge in [-0.2, -0.15) is 5.10 Å². The summed E-state index contributed by atoms with van der Waals surface area (Å²) < 4.78 is 16.6. The highest BCUT2D eigenvalue weighted by molar-refractivity contribution is 5.81.